The third kappa shape index (κ3) is 36.2. The van der Waals surface area contributed by atoms with Gasteiger partial charge in [-0.1, -0.05) is 278 Å². The average Bonchev–Trinajstić information content (AvgIpc) is 3.33. The van der Waals surface area contributed by atoms with Gasteiger partial charge in [0.25, 0.3) is 0 Å². The maximum Gasteiger partial charge on any atom is 0.223 e. The summed E-state index contributed by atoms with van der Waals surface area (Å²) in [7, 11) is -2.88. The molecule has 0 aromatic heterocycles. The Morgan fingerprint density at radius 2 is 0.945 bits per heavy atom. The van der Waals surface area contributed by atoms with Crippen LogP contribution < -0.4 is 5.32 Å². The Kier molecular flexibility index (Phi) is 42.6. The molecule has 0 aromatic rings. The first-order valence-corrected chi connectivity index (χ1v) is 38.7. The number of hydrogen-bond donors (Lipinski definition) is 4. The molecule has 0 unspecified atom stereocenters. The molecule has 0 aromatic carbocycles. The molecule has 0 aliphatic carbocycles. The minimum atomic E-state index is -2.44. The van der Waals surface area contributed by atoms with Gasteiger partial charge < -0.3 is 39.6 Å². The summed E-state index contributed by atoms with van der Waals surface area (Å²) >= 11 is 0. The molecule has 73 heavy (non-hydrogen) atoms. The van der Waals surface area contributed by atoms with E-state index >= 15 is 0 Å². The average molecular weight is 1070 g/mol. The second-order valence-corrected chi connectivity index (χ2v) is 36.4. The smallest absolute Gasteiger partial charge is 0.223 e. The summed E-state index contributed by atoms with van der Waals surface area (Å²) in [5, 5.41) is 38.3. The van der Waals surface area contributed by atoms with Crippen molar-refractivity contribution in [3.8, 4) is 0 Å². The van der Waals surface area contributed by atoms with E-state index < -0.39 is 70.7 Å². The van der Waals surface area contributed by atoms with Gasteiger partial charge in [0.15, 0.2) is 17.7 Å². The normalized spacial score (nSPS) is 20.4. The van der Waals surface area contributed by atoms with Gasteiger partial charge in [0.1, 0.15) is 25.0 Å². The van der Waals surface area contributed by atoms with E-state index in [0.29, 0.717) is 19.6 Å². The molecule has 10 nitrogen and oxygen atoms in total. The summed E-state index contributed by atoms with van der Waals surface area (Å²) in [4.78, 5) is 29.3. The zero-order valence-electron chi connectivity index (χ0n) is 49.7. The maximum atomic E-state index is 15.0. The van der Waals surface area contributed by atoms with Gasteiger partial charge in [-0.25, -0.2) is 0 Å². The van der Waals surface area contributed by atoms with Crippen LogP contribution in [-0.4, -0.2) is 106 Å². The number of aliphatic hydroxyl groups excluding tert-OH is 2. The van der Waals surface area contributed by atoms with E-state index in [1.807, 2.05) is 0 Å². The number of aliphatic hydroxyl groups is 3. The van der Waals surface area contributed by atoms with E-state index in [9.17, 15) is 24.9 Å². The van der Waals surface area contributed by atoms with E-state index in [1.165, 1.54) is 161 Å². The summed E-state index contributed by atoms with van der Waals surface area (Å²) in [6, 6.07) is 0.422. The van der Waals surface area contributed by atoms with Gasteiger partial charge >= 0.3 is 0 Å². The van der Waals surface area contributed by atoms with Crippen molar-refractivity contribution in [3.05, 3.63) is 0 Å². The highest BCUT2D eigenvalue weighted by Gasteiger charge is 2.60. The quantitative estimate of drug-likeness (QED) is 0.0266. The predicted octanol–water partition coefficient (Wildman–Crippen LogP) is 16.0. The lowest BCUT2D eigenvalue weighted by Gasteiger charge is -2.49. The highest BCUT2D eigenvalue weighted by molar-refractivity contribution is 6.76. The fourth-order valence-electron chi connectivity index (χ4n) is 10.4. The summed E-state index contributed by atoms with van der Waals surface area (Å²) in [6.45, 7) is 20.8. The molecule has 434 valence electrons. The van der Waals surface area contributed by atoms with Crippen LogP contribution in [0.2, 0.25) is 51.4 Å². The van der Waals surface area contributed by atoms with Gasteiger partial charge in [-0.2, -0.15) is 0 Å². The van der Waals surface area contributed by atoms with Crippen LogP contribution in [0.25, 0.3) is 0 Å². The van der Waals surface area contributed by atoms with Crippen molar-refractivity contribution in [2.45, 2.75) is 346 Å². The van der Waals surface area contributed by atoms with Crippen molar-refractivity contribution in [1.29, 1.82) is 0 Å². The molecule has 4 N–H and O–H groups in total. The van der Waals surface area contributed by atoms with Gasteiger partial charge in [-0.05, 0) is 24.4 Å². The molecule has 1 saturated heterocycles. The largest absolute Gasteiger partial charge is 0.394 e. The number of ether oxygens (including phenoxy) is 4. The molecule has 1 rings (SSSR count). The number of carbonyl (C=O) groups is 2. The summed E-state index contributed by atoms with van der Waals surface area (Å²) in [5.74, 6) is -0.906. The minimum Gasteiger partial charge on any atom is -0.394 e. The molecule has 0 spiro atoms. The van der Waals surface area contributed by atoms with Gasteiger partial charge in [0, 0.05) is 35.8 Å². The van der Waals surface area contributed by atoms with E-state index in [1.54, 1.807) is 0 Å². The van der Waals surface area contributed by atoms with Gasteiger partial charge in [-0.15, -0.1) is 0 Å². The number of ketones is 1. The van der Waals surface area contributed by atoms with Crippen LogP contribution in [0.5, 0.6) is 0 Å². The first-order valence-electron chi connectivity index (χ1n) is 31.3. The lowest BCUT2D eigenvalue weighted by atomic mass is 9.75. The van der Waals surface area contributed by atoms with Crippen molar-refractivity contribution in [2.24, 2.45) is 5.92 Å². The Balaban J connectivity index is 3.19. The number of amides is 1. The van der Waals surface area contributed by atoms with E-state index in [4.69, 9.17) is 18.9 Å². The standard InChI is InChI=1S/C61H123NO9Si2/c1-10-13-16-19-22-24-25-26-27-28-29-30-32-34-37-40-43-53(42-39-36-33-21-18-15-12-3)49-56(64)61(67)58(60(69-46-48-73(7,8)9)71-55(51-63)59(61)66)62-57(65)50-54(70-52-68-45-47-72(4,5)6)44-41-38-35-31-23-20-17-14-11-2/h53-55,58-60,63,66-67H,10-52H2,1-9H3,(H,62,65)/t53-,54+,55+,58+,59+,60-,61+/m0/s1. The molecule has 0 bridgehead atoms. The number of Topliss-reactive ketones (excluding diaryl/α,β-unsaturated/α-hetero) is 1. The first-order chi connectivity index (χ1) is 35.0. The summed E-state index contributed by atoms with van der Waals surface area (Å²) in [5.41, 5.74) is -2.44. The molecule has 1 aliphatic heterocycles. The van der Waals surface area contributed by atoms with Crippen LogP contribution in [0, 0.1) is 5.92 Å². The molecule has 1 aliphatic rings. The lowest BCUT2D eigenvalue weighted by Crippen LogP contribution is -2.75. The number of unbranched alkanes of at least 4 members (excludes halogenated alkanes) is 29. The van der Waals surface area contributed by atoms with E-state index in [2.05, 4.69) is 65.4 Å². The first kappa shape index (κ1) is 70.3. The number of nitrogens with one attached hydrogen (secondary N) is 1. The molecule has 7 atom stereocenters. The Morgan fingerprint density at radius 1 is 0.562 bits per heavy atom. The summed E-state index contributed by atoms with van der Waals surface area (Å²) < 4.78 is 24.8. The lowest BCUT2D eigenvalue weighted by molar-refractivity contribution is -0.291. The second kappa shape index (κ2) is 44.2. The van der Waals surface area contributed by atoms with E-state index in [0.717, 1.165) is 69.9 Å². The summed E-state index contributed by atoms with van der Waals surface area (Å²) in [6.07, 6.45) is 37.6. The van der Waals surface area contributed by atoms with Gasteiger partial charge in [0.2, 0.25) is 5.91 Å². The van der Waals surface area contributed by atoms with Crippen molar-refractivity contribution in [2.75, 3.05) is 26.6 Å². The van der Waals surface area contributed by atoms with Crippen molar-refractivity contribution in [3.63, 3.8) is 0 Å². The van der Waals surface area contributed by atoms with Gasteiger partial charge in [0.05, 0.1) is 19.1 Å². The van der Waals surface area contributed by atoms with E-state index in [-0.39, 0.29) is 25.6 Å². The molecule has 0 radical (unpaired) electrons. The van der Waals surface area contributed by atoms with Gasteiger partial charge in [-0.3, -0.25) is 9.59 Å². The fourth-order valence-corrected chi connectivity index (χ4v) is 11.9. The third-order valence-corrected chi connectivity index (χ3v) is 18.9. The second-order valence-electron chi connectivity index (χ2n) is 25.2. The molecule has 1 fully saturated rings. The van der Waals surface area contributed by atoms with Crippen LogP contribution in [0.3, 0.4) is 0 Å². The zero-order valence-corrected chi connectivity index (χ0v) is 51.7. The zero-order chi connectivity index (χ0) is 54.1. The topological polar surface area (TPSA) is 144 Å². The van der Waals surface area contributed by atoms with Crippen LogP contribution in [0.4, 0.5) is 0 Å². The monoisotopic (exact) mass is 1070 g/mol. The minimum absolute atomic E-state index is 0.00352. The molecule has 1 amide bonds. The molecule has 12 heteroatoms. The number of hydrogen-bond acceptors (Lipinski definition) is 9. The Bertz CT molecular complexity index is 1300. The van der Waals surface area contributed by atoms with Crippen LogP contribution in [0.1, 0.15) is 258 Å². The molecule has 0 saturated carbocycles. The molecule has 1 heterocycles. The fraction of sp³-hybridized carbons (Fsp3) is 0.967. The SMILES string of the molecule is CCCCCCCCCCCCCCCCCC[C@H](CCCCCCCCC)CC(=O)[C@]1(O)[C@H](O)[C@@H](CO)O[C@H](OCC[Si](C)(C)C)[C@H]1NC(=O)C[C@@H](CCCCCCCCCCC)OCOCC[Si](C)(C)C. The van der Waals surface area contributed by atoms with Crippen molar-refractivity contribution in [1.82, 2.24) is 5.32 Å². The van der Waals surface area contributed by atoms with Crippen LogP contribution >= 0.6 is 0 Å². The van der Waals surface area contributed by atoms with Crippen molar-refractivity contribution >= 4 is 27.8 Å². The highest BCUT2D eigenvalue weighted by atomic mass is 28.3. The Morgan fingerprint density at radius 3 is 1.34 bits per heavy atom. The van der Waals surface area contributed by atoms with Crippen LogP contribution in [-0.2, 0) is 28.5 Å². The molecular weight excluding hydrogens is 947 g/mol. The number of carbonyl (C=O) groups excluding carboxylic acids is 2. The number of rotatable bonds is 52. The molecular formula is C61H123NO9Si2. The van der Waals surface area contributed by atoms with Crippen molar-refractivity contribution < 1.29 is 43.9 Å². The highest BCUT2D eigenvalue weighted by Crippen LogP contribution is 2.36. The predicted molar refractivity (Wildman–Crippen MR) is 313 cm³/mol. The van der Waals surface area contributed by atoms with Crippen LogP contribution in [0.15, 0.2) is 0 Å². The third-order valence-electron chi connectivity index (χ3n) is 15.5. The maximum absolute atomic E-state index is 15.0. The Hall–Kier alpha value is -0.706. The Labute approximate surface area is 453 Å².